The first-order chi connectivity index (χ1) is 10.8. The fourth-order valence-corrected chi connectivity index (χ4v) is 2.14. The minimum Gasteiger partial charge on any atom is -0.491 e. The van der Waals surface area contributed by atoms with Gasteiger partial charge < -0.3 is 10.1 Å². The lowest BCUT2D eigenvalue weighted by atomic mass is 10.2. The lowest BCUT2D eigenvalue weighted by Gasteiger charge is -2.11. The lowest BCUT2D eigenvalue weighted by Crippen LogP contribution is -2.00. The van der Waals surface area contributed by atoms with Gasteiger partial charge in [0.15, 0.2) is 17.4 Å². The monoisotopic (exact) mass is 312 g/mol. The third-order valence-corrected chi connectivity index (χ3v) is 3.24. The number of aromatic nitrogens is 3. The average molecular weight is 313 g/mol. The summed E-state index contributed by atoms with van der Waals surface area (Å²) >= 11 is 6.02. The van der Waals surface area contributed by atoms with Crippen LogP contribution in [0.5, 0.6) is 5.75 Å². The Balaban J connectivity index is 1.99. The third-order valence-electron chi connectivity index (χ3n) is 3.00. The van der Waals surface area contributed by atoms with E-state index in [-0.39, 0.29) is 0 Å². The van der Waals surface area contributed by atoms with Gasteiger partial charge in [-0.05, 0) is 24.3 Å². The molecule has 1 aromatic carbocycles. The van der Waals surface area contributed by atoms with Crippen molar-refractivity contribution < 1.29 is 4.74 Å². The zero-order valence-electron chi connectivity index (χ0n) is 11.8. The van der Waals surface area contributed by atoms with E-state index in [0.29, 0.717) is 22.4 Å². The molecule has 0 saturated carbocycles. The van der Waals surface area contributed by atoms with E-state index in [1.807, 2.05) is 36.4 Å². The van der Waals surface area contributed by atoms with Crippen LogP contribution in [0.4, 0.5) is 11.5 Å². The number of ether oxygens (including phenoxy) is 1. The van der Waals surface area contributed by atoms with E-state index in [0.717, 1.165) is 11.3 Å². The van der Waals surface area contributed by atoms with Crippen molar-refractivity contribution in [1.29, 1.82) is 0 Å². The fraction of sp³-hybridized carbons (Fsp3) is 0.0625. The van der Waals surface area contributed by atoms with Crippen molar-refractivity contribution in [3.63, 3.8) is 0 Å². The van der Waals surface area contributed by atoms with Crippen LogP contribution in [0.1, 0.15) is 0 Å². The summed E-state index contributed by atoms with van der Waals surface area (Å²) in [6.45, 7) is 0. The summed E-state index contributed by atoms with van der Waals surface area (Å²) in [4.78, 5) is 12.8. The molecule has 0 spiro atoms. The van der Waals surface area contributed by atoms with Crippen LogP contribution in [0.15, 0.2) is 55.0 Å². The highest BCUT2D eigenvalue weighted by Gasteiger charge is 2.10. The largest absolute Gasteiger partial charge is 0.491 e. The van der Waals surface area contributed by atoms with Crippen LogP contribution in [0, 0.1) is 0 Å². The summed E-state index contributed by atoms with van der Waals surface area (Å²) < 4.78 is 5.30. The van der Waals surface area contributed by atoms with Gasteiger partial charge in [0, 0.05) is 28.7 Å². The number of rotatable bonds is 4. The maximum absolute atomic E-state index is 6.02. The van der Waals surface area contributed by atoms with Crippen molar-refractivity contribution in [2.24, 2.45) is 0 Å². The van der Waals surface area contributed by atoms with Crippen molar-refractivity contribution in [3.8, 4) is 17.1 Å². The zero-order valence-corrected chi connectivity index (χ0v) is 12.6. The Bertz CT molecular complexity index is 780. The molecule has 0 fully saturated rings. The highest BCUT2D eigenvalue weighted by atomic mass is 35.5. The van der Waals surface area contributed by atoms with E-state index in [9.17, 15) is 0 Å². The Morgan fingerprint density at radius 3 is 2.68 bits per heavy atom. The SMILES string of the molecule is COc1cnc(-c2cccc(Cl)c2)nc1Nc1ccncc1. The van der Waals surface area contributed by atoms with Crippen molar-refractivity contribution in [2.75, 3.05) is 12.4 Å². The number of methoxy groups -OCH3 is 1. The smallest absolute Gasteiger partial charge is 0.179 e. The van der Waals surface area contributed by atoms with Gasteiger partial charge in [0.1, 0.15) is 0 Å². The molecule has 110 valence electrons. The normalized spacial score (nSPS) is 10.3. The molecular weight excluding hydrogens is 300 g/mol. The second kappa shape index (κ2) is 6.41. The van der Waals surface area contributed by atoms with Crippen LogP contribution in [-0.2, 0) is 0 Å². The van der Waals surface area contributed by atoms with Gasteiger partial charge in [-0.25, -0.2) is 9.97 Å². The van der Waals surface area contributed by atoms with Crippen molar-refractivity contribution in [1.82, 2.24) is 15.0 Å². The Labute approximate surface area is 133 Å². The first kappa shape index (κ1) is 14.3. The van der Waals surface area contributed by atoms with Crippen LogP contribution in [0.3, 0.4) is 0 Å². The summed E-state index contributed by atoms with van der Waals surface area (Å²) in [6, 6.07) is 11.1. The molecule has 0 atom stereocenters. The predicted molar refractivity (Wildman–Crippen MR) is 86.5 cm³/mol. The number of nitrogens with zero attached hydrogens (tertiary/aromatic N) is 3. The van der Waals surface area contributed by atoms with Gasteiger partial charge in [0.25, 0.3) is 0 Å². The molecule has 0 unspecified atom stereocenters. The molecule has 2 heterocycles. The Morgan fingerprint density at radius 1 is 1.14 bits per heavy atom. The third kappa shape index (κ3) is 3.15. The lowest BCUT2D eigenvalue weighted by molar-refractivity contribution is 0.413. The van der Waals surface area contributed by atoms with Crippen LogP contribution in [0.25, 0.3) is 11.4 Å². The molecule has 5 nitrogen and oxygen atoms in total. The van der Waals surface area contributed by atoms with E-state index in [1.54, 1.807) is 25.7 Å². The summed E-state index contributed by atoms with van der Waals surface area (Å²) in [7, 11) is 1.58. The summed E-state index contributed by atoms with van der Waals surface area (Å²) in [5.74, 6) is 1.71. The average Bonchev–Trinajstić information content (AvgIpc) is 2.56. The van der Waals surface area contributed by atoms with Crippen molar-refractivity contribution in [2.45, 2.75) is 0 Å². The number of anilines is 2. The Morgan fingerprint density at radius 2 is 1.95 bits per heavy atom. The number of hydrogen-bond donors (Lipinski definition) is 1. The number of pyridine rings is 1. The topological polar surface area (TPSA) is 59.9 Å². The molecule has 0 aliphatic carbocycles. The molecule has 0 radical (unpaired) electrons. The van der Waals surface area contributed by atoms with Gasteiger partial charge in [-0.2, -0.15) is 0 Å². The van der Waals surface area contributed by atoms with Gasteiger partial charge in [-0.15, -0.1) is 0 Å². The summed E-state index contributed by atoms with van der Waals surface area (Å²) in [5.41, 5.74) is 1.71. The van der Waals surface area contributed by atoms with Crippen LogP contribution < -0.4 is 10.1 Å². The minimum atomic E-state index is 0.558. The zero-order chi connectivity index (χ0) is 15.4. The van der Waals surface area contributed by atoms with E-state index >= 15 is 0 Å². The van der Waals surface area contributed by atoms with Crippen LogP contribution in [-0.4, -0.2) is 22.1 Å². The first-order valence-electron chi connectivity index (χ1n) is 6.60. The van der Waals surface area contributed by atoms with Gasteiger partial charge in [-0.1, -0.05) is 23.7 Å². The molecule has 0 aliphatic rings. The standard InChI is InChI=1S/C16H13ClN4O/c1-22-14-10-19-15(11-3-2-4-12(17)9-11)21-16(14)20-13-5-7-18-8-6-13/h2-10H,1H3,(H,18,19,20,21). The molecule has 2 aromatic heterocycles. The molecular formula is C16H13ClN4O. The van der Waals surface area contributed by atoms with Crippen molar-refractivity contribution >= 4 is 23.1 Å². The molecule has 6 heteroatoms. The number of halogens is 1. The van der Waals surface area contributed by atoms with Gasteiger partial charge in [0.2, 0.25) is 0 Å². The Kier molecular flexibility index (Phi) is 4.16. The number of nitrogens with one attached hydrogen (secondary N) is 1. The molecule has 0 bridgehead atoms. The molecule has 0 amide bonds. The minimum absolute atomic E-state index is 0.558. The van der Waals surface area contributed by atoms with Crippen molar-refractivity contribution in [3.05, 3.63) is 60.0 Å². The molecule has 22 heavy (non-hydrogen) atoms. The van der Waals surface area contributed by atoms with Gasteiger partial charge in [0.05, 0.1) is 13.3 Å². The summed E-state index contributed by atoms with van der Waals surface area (Å²) in [5, 5.41) is 3.84. The molecule has 1 N–H and O–H groups in total. The van der Waals surface area contributed by atoms with Gasteiger partial charge >= 0.3 is 0 Å². The molecule has 3 rings (SSSR count). The second-order valence-electron chi connectivity index (χ2n) is 4.48. The Hall–Kier alpha value is -2.66. The van der Waals surface area contributed by atoms with E-state index < -0.39 is 0 Å². The second-order valence-corrected chi connectivity index (χ2v) is 4.92. The van der Waals surface area contributed by atoms with E-state index in [2.05, 4.69) is 20.3 Å². The summed E-state index contributed by atoms with van der Waals surface area (Å²) in [6.07, 6.45) is 5.04. The van der Waals surface area contributed by atoms with Gasteiger partial charge in [-0.3, -0.25) is 4.98 Å². The highest BCUT2D eigenvalue weighted by molar-refractivity contribution is 6.30. The predicted octanol–water partition coefficient (Wildman–Crippen LogP) is 3.94. The van der Waals surface area contributed by atoms with E-state index in [4.69, 9.17) is 16.3 Å². The molecule has 0 saturated heterocycles. The maximum atomic E-state index is 6.02. The molecule has 0 aliphatic heterocycles. The van der Waals surface area contributed by atoms with E-state index in [1.165, 1.54) is 0 Å². The van der Waals surface area contributed by atoms with Crippen LogP contribution in [0.2, 0.25) is 5.02 Å². The first-order valence-corrected chi connectivity index (χ1v) is 6.98. The molecule has 3 aromatic rings. The maximum Gasteiger partial charge on any atom is 0.179 e. The fourth-order valence-electron chi connectivity index (χ4n) is 1.95. The highest BCUT2D eigenvalue weighted by Crippen LogP contribution is 2.28. The quantitative estimate of drug-likeness (QED) is 0.790. The number of hydrogen-bond acceptors (Lipinski definition) is 5. The number of benzene rings is 1. The van der Waals surface area contributed by atoms with Crippen LogP contribution >= 0.6 is 11.6 Å².